The van der Waals surface area contributed by atoms with Crippen molar-refractivity contribution >= 4 is 22.4 Å². The van der Waals surface area contributed by atoms with Crippen LogP contribution >= 0.6 is 11.3 Å². The van der Waals surface area contributed by atoms with E-state index in [0.29, 0.717) is 0 Å². The van der Waals surface area contributed by atoms with Gasteiger partial charge in [0, 0.05) is 6.54 Å². The van der Waals surface area contributed by atoms with Crippen LogP contribution in [0.3, 0.4) is 0 Å². The lowest BCUT2D eigenvalue weighted by atomic mass is 10.3. The van der Waals surface area contributed by atoms with E-state index in [1.54, 1.807) is 11.3 Å². The molecule has 4 aromatic rings. The first-order chi connectivity index (χ1) is 12.4. The Balaban J connectivity index is 1.44. The number of para-hydroxylation sites is 3. The van der Waals surface area contributed by atoms with Crippen molar-refractivity contribution in [3.8, 4) is 16.5 Å². The molecule has 0 amide bonds. The largest absolute Gasteiger partial charge is 0.494 e. The van der Waals surface area contributed by atoms with Gasteiger partial charge < -0.3 is 9.30 Å². The van der Waals surface area contributed by atoms with E-state index in [4.69, 9.17) is 9.72 Å². The number of unbranched alkanes of at least 4 members (excludes halogenated alkanes) is 1. The van der Waals surface area contributed by atoms with Crippen molar-refractivity contribution in [1.82, 2.24) is 9.55 Å². The molecule has 0 aliphatic heterocycles. The second-order valence-corrected chi connectivity index (χ2v) is 6.87. The Hall–Kier alpha value is -2.59. The molecular weight excluding hydrogens is 328 g/mol. The van der Waals surface area contributed by atoms with E-state index < -0.39 is 0 Å². The fourth-order valence-corrected chi connectivity index (χ4v) is 3.70. The summed E-state index contributed by atoms with van der Waals surface area (Å²) in [5, 5.41) is 2.10. The Morgan fingerprint density at radius 3 is 2.56 bits per heavy atom. The van der Waals surface area contributed by atoms with Crippen molar-refractivity contribution in [2.24, 2.45) is 0 Å². The highest BCUT2D eigenvalue weighted by Gasteiger charge is 2.12. The van der Waals surface area contributed by atoms with Gasteiger partial charge in [-0.25, -0.2) is 4.98 Å². The number of benzene rings is 2. The van der Waals surface area contributed by atoms with Crippen LogP contribution in [0.5, 0.6) is 5.75 Å². The van der Waals surface area contributed by atoms with Crippen molar-refractivity contribution in [2.45, 2.75) is 19.4 Å². The van der Waals surface area contributed by atoms with Crippen LogP contribution in [-0.2, 0) is 6.54 Å². The van der Waals surface area contributed by atoms with Crippen LogP contribution in [0.2, 0.25) is 0 Å². The fourth-order valence-electron chi connectivity index (χ4n) is 2.97. The van der Waals surface area contributed by atoms with Crippen LogP contribution < -0.4 is 4.74 Å². The molecule has 126 valence electrons. The van der Waals surface area contributed by atoms with E-state index in [0.717, 1.165) is 43.1 Å². The number of ether oxygens (including phenoxy) is 1. The zero-order valence-electron chi connectivity index (χ0n) is 14.0. The summed E-state index contributed by atoms with van der Waals surface area (Å²) in [6.45, 7) is 1.69. The molecule has 3 nitrogen and oxygen atoms in total. The summed E-state index contributed by atoms with van der Waals surface area (Å²) in [7, 11) is 0. The van der Waals surface area contributed by atoms with E-state index >= 15 is 0 Å². The predicted molar refractivity (Wildman–Crippen MR) is 104 cm³/mol. The predicted octanol–water partition coefficient (Wildman–Crippen LogP) is 5.62. The smallest absolute Gasteiger partial charge is 0.151 e. The van der Waals surface area contributed by atoms with E-state index in [2.05, 4.69) is 40.3 Å². The lowest BCUT2D eigenvalue weighted by Crippen LogP contribution is -2.03. The summed E-state index contributed by atoms with van der Waals surface area (Å²) in [5.74, 6) is 2.01. The third-order valence-corrected chi connectivity index (χ3v) is 5.05. The van der Waals surface area contributed by atoms with Crippen LogP contribution in [0.15, 0.2) is 72.1 Å². The maximum atomic E-state index is 5.79. The molecule has 2 aromatic heterocycles. The van der Waals surface area contributed by atoms with E-state index in [9.17, 15) is 0 Å². The zero-order valence-corrected chi connectivity index (χ0v) is 14.8. The lowest BCUT2D eigenvalue weighted by Gasteiger charge is -2.09. The molecule has 25 heavy (non-hydrogen) atoms. The topological polar surface area (TPSA) is 27.1 Å². The Morgan fingerprint density at radius 2 is 1.72 bits per heavy atom. The molecule has 0 saturated heterocycles. The molecule has 2 heterocycles. The van der Waals surface area contributed by atoms with Gasteiger partial charge >= 0.3 is 0 Å². The van der Waals surface area contributed by atoms with Crippen LogP contribution in [0.4, 0.5) is 0 Å². The highest BCUT2D eigenvalue weighted by Crippen LogP contribution is 2.28. The van der Waals surface area contributed by atoms with Gasteiger partial charge in [0.05, 0.1) is 22.5 Å². The van der Waals surface area contributed by atoms with Crippen LogP contribution in [-0.4, -0.2) is 16.2 Å². The van der Waals surface area contributed by atoms with Crippen LogP contribution in [0, 0.1) is 0 Å². The molecule has 0 bridgehead atoms. The molecule has 0 aliphatic carbocycles. The molecule has 2 aromatic carbocycles. The number of rotatable bonds is 7. The Morgan fingerprint density at radius 1 is 0.880 bits per heavy atom. The second kappa shape index (κ2) is 7.53. The molecule has 0 aliphatic rings. The number of thiophene rings is 1. The van der Waals surface area contributed by atoms with Gasteiger partial charge in [0.25, 0.3) is 0 Å². The first kappa shape index (κ1) is 15.9. The average Bonchev–Trinajstić information content (AvgIpc) is 3.30. The highest BCUT2D eigenvalue weighted by molar-refractivity contribution is 7.13. The zero-order chi connectivity index (χ0) is 16.9. The number of aryl methyl sites for hydroxylation is 1. The van der Waals surface area contributed by atoms with Crippen molar-refractivity contribution in [3.05, 3.63) is 72.1 Å². The summed E-state index contributed by atoms with van der Waals surface area (Å²) in [6.07, 6.45) is 2.08. The molecule has 0 N–H and O–H groups in total. The number of aromatic nitrogens is 2. The molecule has 0 fully saturated rings. The number of hydrogen-bond donors (Lipinski definition) is 0. The van der Waals surface area contributed by atoms with Crippen molar-refractivity contribution in [2.75, 3.05) is 6.61 Å². The summed E-state index contributed by atoms with van der Waals surface area (Å²) in [4.78, 5) is 6.06. The monoisotopic (exact) mass is 348 g/mol. The van der Waals surface area contributed by atoms with Gasteiger partial charge in [-0.3, -0.25) is 0 Å². The van der Waals surface area contributed by atoms with Crippen molar-refractivity contribution < 1.29 is 4.74 Å². The molecule has 4 rings (SSSR count). The minimum Gasteiger partial charge on any atom is -0.494 e. The van der Waals surface area contributed by atoms with Crippen molar-refractivity contribution in [3.63, 3.8) is 0 Å². The maximum Gasteiger partial charge on any atom is 0.151 e. The fraction of sp³-hybridized carbons (Fsp3) is 0.190. The third-order valence-electron chi connectivity index (χ3n) is 4.18. The number of hydrogen-bond acceptors (Lipinski definition) is 3. The number of nitrogens with zero attached hydrogens (tertiary/aromatic N) is 2. The second-order valence-electron chi connectivity index (χ2n) is 5.92. The first-order valence-electron chi connectivity index (χ1n) is 8.59. The maximum absolute atomic E-state index is 5.79. The van der Waals surface area contributed by atoms with Gasteiger partial charge in [-0.15, -0.1) is 11.3 Å². The Labute approximate surface area is 151 Å². The first-order valence-corrected chi connectivity index (χ1v) is 9.47. The number of fused-ring (bicyclic) bond motifs is 1. The lowest BCUT2D eigenvalue weighted by molar-refractivity contribution is 0.303. The van der Waals surface area contributed by atoms with Crippen LogP contribution in [0.1, 0.15) is 12.8 Å². The number of imidazole rings is 1. The highest BCUT2D eigenvalue weighted by atomic mass is 32.1. The molecule has 0 radical (unpaired) electrons. The van der Waals surface area contributed by atoms with Gasteiger partial charge in [-0.1, -0.05) is 36.4 Å². The Kier molecular flexibility index (Phi) is 4.79. The average molecular weight is 348 g/mol. The third kappa shape index (κ3) is 3.59. The molecule has 0 saturated carbocycles. The minimum atomic E-state index is 0.741. The van der Waals surface area contributed by atoms with Gasteiger partial charge in [-0.05, 0) is 48.6 Å². The standard InChI is InChI=1S/C21H20N2OS/c1-2-9-17(10-3-1)24-15-7-6-14-23-19-12-5-4-11-18(19)22-21(23)20-13-8-16-25-20/h1-5,8-13,16H,6-7,14-15H2. The normalized spacial score (nSPS) is 11.0. The molecule has 0 unspecified atom stereocenters. The Bertz CT molecular complexity index is 929. The SMILES string of the molecule is c1ccc(OCCCCn2c(-c3cccs3)nc3ccccc32)cc1. The molecular formula is C21H20N2OS. The molecule has 0 atom stereocenters. The van der Waals surface area contributed by atoms with Gasteiger partial charge in [0.15, 0.2) is 5.82 Å². The van der Waals surface area contributed by atoms with Gasteiger partial charge in [0.1, 0.15) is 5.75 Å². The van der Waals surface area contributed by atoms with E-state index in [-0.39, 0.29) is 0 Å². The minimum absolute atomic E-state index is 0.741. The van der Waals surface area contributed by atoms with E-state index in [1.807, 2.05) is 36.4 Å². The van der Waals surface area contributed by atoms with E-state index in [1.165, 1.54) is 10.4 Å². The molecule has 4 heteroatoms. The summed E-state index contributed by atoms with van der Waals surface area (Å²) in [6, 6.07) is 22.6. The summed E-state index contributed by atoms with van der Waals surface area (Å²) in [5.41, 5.74) is 2.27. The van der Waals surface area contributed by atoms with Crippen LogP contribution in [0.25, 0.3) is 21.7 Å². The molecule has 0 spiro atoms. The summed E-state index contributed by atoms with van der Waals surface area (Å²) >= 11 is 1.74. The summed E-state index contributed by atoms with van der Waals surface area (Å²) < 4.78 is 8.13. The van der Waals surface area contributed by atoms with Gasteiger partial charge in [0.2, 0.25) is 0 Å². The van der Waals surface area contributed by atoms with Crippen molar-refractivity contribution in [1.29, 1.82) is 0 Å². The quantitative estimate of drug-likeness (QED) is 0.405. The van der Waals surface area contributed by atoms with Gasteiger partial charge in [-0.2, -0.15) is 0 Å².